The summed E-state index contributed by atoms with van der Waals surface area (Å²) in [5.74, 6) is 0. The van der Waals surface area contributed by atoms with Crippen LogP contribution in [0.3, 0.4) is 0 Å². The molecule has 0 saturated carbocycles. The van der Waals surface area contributed by atoms with E-state index in [9.17, 15) is 0 Å². The minimum absolute atomic E-state index is 0.107. The van der Waals surface area contributed by atoms with E-state index in [0.29, 0.717) is 6.04 Å². The number of rotatable bonds is 6. The van der Waals surface area contributed by atoms with Crippen LogP contribution in [0.5, 0.6) is 0 Å². The van der Waals surface area contributed by atoms with Gasteiger partial charge in [-0.25, -0.2) is 0 Å². The normalized spacial score (nSPS) is 13.3. The first-order chi connectivity index (χ1) is 8.49. The smallest absolute Gasteiger partial charge is 0.0426 e. The molecule has 0 radical (unpaired) electrons. The van der Waals surface area contributed by atoms with E-state index in [1.165, 1.54) is 29.5 Å². The van der Waals surface area contributed by atoms with Crippen LogP contribution in [0, 0.1) is 13.8 Å². The van der Waals surface area contributed by atoms with Crippen LogP contribution in [0.1, 0.15) is 49.4 Å². The maximum Gasteiger partial charge on any atom is 0.0426 e. The highest BCUT2D eigenvalue weighted by atomic mass is 15.1. The van der Waals surface area contributed by atoms with Crippen molar-refractivity contribution in [1.29, 1.82) is 0 Å². The third-order valence-corrected chi connectivity index (χ3v) is 3.88. The summed E-state index contributed by atoms with van der Waals surface area (Å²) in [6, 6.07) is 7.29. The van der Waals surface area contributed by atoms with Crippen LogP contribution in [0.25, 0.3) is 0 Å². The maximum atomic E-state index is 6.37. The molecule has 2 N–H and O–H groups in total. The van der Waals surface area contributed by atoms with E-state index >= 15 is 0 Å². The lowest BCUT2D eigenvalue weighted by atomic mass is 9.98. The molecule has 0 amide bonds. The quantitative estimate of drug-likeness (QED) is 0.836. The molecule has 1 rings (SSSR count). The first kappa shape index (κ1) is 15.2. The summed E-state index contributed by atoms with van der Waals surface area (Å²) in [5.41, 5.74) is 10.2. The van der Waals surface area contributed by atoms with Crippen molar-refractivity contribution in [2.75, 3.05) is 13.6 Å². The number of benzene rings is 1. The van der Waals surface area contributed by atoms with Crippen LogP contribution in [0.15, 0.2) is 18.2 Å². The van der Waals surface area contributed by atoms with Crippen LogP contribution < -0.4 is 5.73 Å². The Balaban J connectivity index is 2.75. The SMILES string of the molecule is CCC(CC)N(C)CC(N)c1cc(C)ccc1C. The van der Waals surface area contributed by atoms with E-state index < -0.39 is 0 Å². The van der Waals surface area contributed by atoms with Crippen molar-refractivity contribution >= 4 is 0 Å². The van der Waals surface area contributed by atoms with Crippen molar-refractivity contribution in [3.8, 4) is 0 Å². The molecule has 18 heavy (non-hydrogen) atoms. The average molecular weight is 248 g/mol. The van der Waals surface area contributed by atoms with Crippen molar-refractivity contribution in [3.63, 3.8) is 0 Å². The first-order valence-electron chi connectivity index (χ1n) is 7.02. The third kappa shape index (κ3) is 3.82. The van der Waals surface area contributed by atoms with Gasteiger partial charge in [-0.15, -0.1) is 0 Å². The Kier molecular flexibility index (Phi) is 5.83. The van der Waals surface area contributed by atoms with Crippen molar-refractivity contribution in [1.82, 2.24) is 4.90 Å². The molecule has 1 aromatic carbocycles. The topological polar surface area (TPSA) is 29.3 Å². The predicted octanol–water partition coefficient (Wildman–Crippen LogP) is 3.42. The van der Waals surface area contributed by atoms with Crippen molar-refractivity contribution in [2.24, 2.45) is 5.73 Å². The fraction of sp³-hybridized carbons (Fsp3) is 0.625. The van der Waals surface area contributed by atoms with E-state index in [1.54, 1.807) is 0 Å². The molecule has 1 atom stereocenters. The number of likely N-dealkylation sites (N-methyl/N-ethyl adjacent to an activating group) is 1. The number of nitrogens with zero attached hydrogens (tertiary/aromatic N) is 1. The van der Waals surface area contributed by atoms with Gasteiger partial charge in [-0.05, 0) is 44.9 Å². The van der Waals surface area contributed by atoms with Crippen molar-refractivity contribution in [2.45, 2.75) is 52.6 Å². The highest BCUT2D eigenvalue weighted by Gasteiger charge is 2.16. The molecule has 2 nitrogen and oxygen atoms in total. The molecule has 0 aliphatic carbocycles. The Morgan fingerprint density at radius 1 is 1.17 bits per heavy atom. The predicted molar refractivity (Wildman–Crippen MR) is 79.8 cm³/mol. The fourth-order valence-corrected chi connectivity index (χ4v) is 2.63. The summed E-state index contributed by atoms with van der Waals surface area (Å²) in [6.45, 7) is 9.69. The summed E-state index contributed by atoms with van der Waals surface area (Å²) in [5, 5.41) is 0. The zero-order valence-corrected chi connectivity index (χ0v) is 12.5. The highest BCUT2D eigenvalue weighted by Crippen LogP contribution is 2.19. The molecule has 102 valence electrons. The van der Waals surface area contributed by atoms with Gasteiger partial charge in [0.25, 0.3) is 0 Å². The molecular formula is C16H28N2. The molecule has 0 aliphatic heterocycles. The van der Waals surface area contributed by atoms with Gasteiger partial charge >= 0.3 is 0 Å². The van der Waals surface area contributed by atoms with E-state index in [-0.39, 0.29) is 6.04 Å². The minimum Gasteiger partial charge on any atom is -0.323 e. The molecule has 2 heteroatoms. The maximum absolute atomic E-state index is 6.37. The van der Waals surface area contributed by atoms with Gasteiger partial charge in [0.1, 0.15) is 0 Å². The Bertz CT molecular complexity index is 369. The van der Waals surface area contributed by atoms with Crippen molar-refractivity contribution < 1.29 is 0 Å². The Morgan fingerprint density at radius 2 is 1.78 bits per heavy atom. The summed E-state index contributed by atoms with van der Waals surface area (Å²) in [4.78, 5) is 2.40. The Morgan fingerprint density at radius 3 is 2.33 bits per heavy atom. The van der Waals surface area contributed by atoms with Gasteiger partial charge in [0.2, 0.25) is 0 Å². The van der Waals surface area contributed by atoms with Gasteiger partial charge in [-0.3, -0.25) is 0 Å². The lowest BCUT2D eigenvalue weighted by molar-refractivity contribution is 0.217. The molecule has 0 heterocycles. The van der Waals surface area contributed by atoms with Crippen LogP contribution in [0.2, 0.25) is 0 Å². The third-order valence-electron chi connectivity index (χ3n) is 3.88. The van der Waals surface area contributed by atoms with E-state index in [2.05, 4.69) is 57.8 Å². The lowest BCUT2D eigenvalue weighted by Crippen LogP contribution is -2.36. The summed E-state index contributed by atoms with van der Waals surface area (Å²) in [7, 11) is 2.18. The van der Waals surface area contributed by atoms with Gasteiger partial charge in [0.05, 0.1) is 0 Å². The van der Waals surface area contributed by atoms with Gasteiger partial charge in [-0.1, -0.05) is 37.6 Å². The zero-order valence-electron chi connectivity index (χ0n) is 12.5. The van der Waals surface area contributed by atoms with Gasteiger partial charge < -0.3 is 10.6 Å². The molecule has 0 spiro atoms. The Labute approximate surface area is 112 Å². The second-order valence-electron chi connectivity index (χ2n) is 5.38. The van der Waals surface area contributed by atoms with Crippen LogP contribution in [-0.2, 0) is 0 Å². The number of aryl methyl sites for hydroxylation is 2. The highest BCUT2D eigenvalue weighted by molar-refractivity contribution is 5.33. The number of hydrogen-bond acceptors (Lipinski definition) is 2. The second kappa shape index (κ2) is 6.91. The molecule has 1 unspecified atom stereocenters. The number of nitrogens with two attached hydrogens (primary N) is 1. The average Bonchev–Trinajstić information content (AvgIpc) is 2.33. The standard InChI is InChI=1S/C16H28N2/c1-6-14(7-2)18(5)11-16(17)15-10-12(3)8-9-13(15)4/h8-10,14,16H,6-7,11,17H2,1-5H3. The summed E-state index contributed by atoms with van der Waals surface area (Å²) < 4.78 is 0. The van der Waals surface area contributed by atoms with Crippen LogP contribution in [0.4, 0.5) is 0 Å². The Hall–Kier alpha value is -0.860. The molecule has 0 aromatic heterocycles. The first-order valence-corrected chi connectivity index (χ1v) is 7.02. The van der Waals surface area contributed by atoms with E-state index in [4.69, 9.17) is 5.73 Å². The fourth-order valence-electron chi connectivity index (χ4n) is 2.63. The van der Waals surface area contributed by atoms with E-state index in [1.807, 2.05) is 0 Å². The second-order valence-corrected chi connectivity index (χ2v) is 5.38. The van der Waals surface area contributed by atoms with Crippen LogP contribution >= 0.6 is 0 Å². The molecule has 0 saturated heterocycles. The van der Waals surface area contributed by atoms with Crippen molar-refractivity contribution in [3.05, 3.63) is 34.9 Å². The molecule has 0 fully saturated rings. The number of hydrogen-bond donors (Lipinski definition) is 1. The molecule has 0 bridgehead atoms. The summed E-state index contributed by atoms with van der Waals surface area (Å²) >= 11 is 0. The monoisotopic (exact) mass is 248 g/mol. The van der Waals surface area contributed by atoms with Crippen LogP contribution in [-0.4, -0.2) is 24.5 Å². The molecular weight excluding hydrogens is 220 g/mol. The minimum atomic E-state index is 0.107. The summed E-state index contributed by atoms with van der Waals surface area (Å²) in [6.07, 6.45) is 2.37. The lowest BCUT2D eigenvalue weighted by Gasteiger charge is -2.29. The zero-order chi connectivity index (χ0) is 13.7. The molecule has 0 aliphatic rings. The van der Waals surface area contributed by atoms with Gasteiger partial charge in [0, 0.05) is 18.6 Å². The largest absolute Gasteiger partial charge is 0.323 e. The van der Waals surface area contributed by atoms with Gasteiger partial charge in [0.15, 0.2) is 0 Å². The van der Waals surface area contributed by atoms with Gasteiger partial charge in [-0.2, -0.15) is 0 Å². The molecule has 1 aromatic rings. The van der Waals surface area contributed by atoms with E-state index in [0.717, 1.165) is 6.54 Å².